The normalized spacial score (nSPS) is 24.5. The number of likely N-dealkylation sites (tertiary alicyclic amines) is 1. The van der Waals surface area contributed by atoms with Crippen molar-refractivity contribution in [2.24, 2.45) is 5.92 Å². The Kier molecular flexibility index (Phi) is 7.20. The summed E-state index contributed by atoms with van der Waals surface area (Å²) in [4.78, 5) is 4.77. The van der Waals surface area contributed by atoms with Crippen LogP contribution in [0.2, 0.25) is 0 Å². The van der Waals surface area contributed by atoms with Crippen molar-refractivity contribution in [2.75, 3.05) is 40.8 Å². The van der Waals surface area contributed by atoms with E-state index in [4.69, 9.17) is 0 Å². The van der Waals surface area contributed by atoms with Gasteiger partial charge in [0.1, 0.15) is 0 Å². The molecule has 1 aliphatic heterocycles. The molecule has 1 rings (SSSR count). The van der Waals surface area contributed by atoms with E-state index in [0.717, 1.165) is 18.5 Å². The molecule has 3 nitrogen and oxygen atoms in total. The zero-order valence-electron chi connectivity index (χ0n) is 13.1. The third kappa shape index (κ3) is 6.72. The predicted octanol–water partition coefficient (Wildman–Crippen LogP) is 2.04. The van der Waals surface area contributed by atoms with E-state index in [1.807, 2.05) is 0 Å². The average molecular weight is 255 g/mol. The van der Waals surface area contributed by atoms with Crippen molar-refractivity contribution >= 4 is 0 Å². The Balaban J connectivity index is 2.42. The van der Waals surface area contributed by atoms with Crippen LogP contribution >= 0.6 is 0 Å². The van der Waals surface area contributed by atoms with Gasteiger partial charge in [-0.15, -0.1) is 0 Å². The Morgan fingerprint density at radius 1 is 1.22 bits per heavy atom. The molecule has 0 spiro atoms. The molecule has 1 saturated heterocycles. The monoisotopic (exact) mass is 255 g/mol. The lowest BCUT2D eigenvalue weighted by Gasteiger charge is -2.28. The molecular weight excluding hydrogens is 222 g/mol. The van der Waals surface area contributed by atoms with Gasteiger partial charge >= 0.3 is 0 Å². The summed E-state index contributed by atoms with van der Waals surface area (Å²) in [6.45, 7) is 8.32. The van der Waals surface area contributed by atoms with Crippen molar-refractivity contribution in [3.63, 3.8) is 0 Å². The molecule has 1 N–H and O–H groups in total. The molecule has 0 aromatic carbocycles. The molecule has 0 aliphatic carbocycles. The highest BCUT2D eigenvalue weighted by atomic mass is 15.1. The summed E-state index contributed by atoms with van der Waals surface area (Å²) in [5.74, 6) is 0.774. The lowest BCUT2D eigenvalue weighted by Crippen LogP contribution is -2.45. The zero-order chi connectivity index (χ0) is 13.5. The molecule has 3 heteroatoms. The topological polar surface area (TPSA) is 18.5 Å². The Bertz CT molecular complexity index is 206. The van der Waals surface area contributed by atoms with Crippen LogP contribution in [-0.4, -0.2) is 62.7 Å². The van der Waals surface area contributed by atoms with Gasteiger partial charge in [-0.2, -0.15) is 0 Å². The first-order chi connectivity index (χ1) is 8.47. The van der Waals surface area contributed by atoms with Gasteiger partial charge < -0.3 is 15.1 Å². The highest BCUT2D eigenvalue weighted by Gasteiger charge is 2.19. The fourth-order valence-electron chi connectivity index (χ4n) is 2.95. The second kappa shape index (κ2) is 8.13. The van der Waals surface area contributed by atoms with Crippen molar-refractivity contribution in [3.05, 3.63) is 0 Å². The SMILES string of the molecule is CC(C)CC(CN(C)C)NC1CCCN(C)CC1. The van der Waals surface area contributed by atoms with Crippen LogP contribution in [-0.2, 0) is 0 Å². The largest absolute Gasteiger partial charge is 0.310 e. The summed E-state index contributed by atoms with van der Waals surface area (Å²) in [6.07, 6.45) is 5.26. The molecule has 0 aromatic rings. The smallest absolute Gasteiger partial charge is 0.0199 e. The van der Waals surface area contributed by atoms with Gasteiger partial charge in [-0.1, -0.05) is 13.8 Å². The van der Waals surface area contributed by atoms with Gasteiger partial charge in [-0.3, -0.25) is 0 Å². The lowest BCUT2D eigenvalue weighted by molar-refractivity contribution is 0.274. The number of nitrogens with one attached hydrogen (secondary N) is 1. The molecule has 2 atom stereocenters. The fraction of sp³-hybridized carbons (Fsp3) is 1.00. The van der Waals surface area contributed by atoms with Gasteiger partial charge in [0, 0.05) is 18.6 Å². The van der Waals surface area contributed by atoms with E-state index in [1.54, 1.807) is 0 Å². The highest BCUT2D eigenvalue weighted by Crippen LogP contribution is 2.13. The zero-order valence-corrected chi connectivity index (χ0v) is 13.1. The summed E-state index contributed by atoms with van der Waals surface area (Å²) in [7, 11) is 6.60. The third-order valence-corrected chi connectivity index (χ3v) is 3.76. The predicted molar refractivity (Wildman–Crippen MR) is 80.1 cm³/mol. The number of nitrogens with zero attached hydrogens (tertiary/aromatic N) is 2. The maximum absolute atomic E-state index is 3.91. The van der Waals surface area contributed by atoms with Crippen LogP contribution in [0.4, 0.5) is 0 Å². The molecule has 1 heterocycles. The number of rotatable bonds is 6. The van der Waals surface area contributed by atoms with E-state index in [0.29, 0.717) is 6.04 Å². The Morgan fingerprint density at radius 2 is 1.94 bits per heavy atom. The molecule has 0 amide bonds. The minimum absolute atomic E-state index is 0.647. The number of hydrogen-bond donors (Lipinski definition) is 1. The summed E-state index contributed by atoms with van der Waals surface area (Å²) < 4.78 is 0. The summed E-state index contributed by atoms with van der Waals surface area (Å²) >= 11 is 0. The quantitative estimate of drug-likeness (QED) is 0.783. The molecule has 0 radical (unpaired) electrons. The van der Waals surface area contributed by atoms with E-state index in [2.05, 4.69) is 50.1 Å². The molecule has 2 unspecified atom stereocenters. The van der Waals surface area contributed by atoms with Crippen LogP contribution in [0.25, 0.3) is 0 Å². The van der Waals surface area contributed by atoms with Crippen LogP contribution in [0.5, 0.6) is 0 Å². The number of hydrogen-bond acceptors (Lipinski definition) is 3. The summed E-state index contributed by atoms with van der Waals surface area (Å²) in [5.41, 5.74) is 0. The first-order valence-corrected chi connectivity index (χ1v) is 7.56. The van der Waals surface area contributed by atoms with Gasteiger partial charge in [0.2, 0.25) is 0 Å². The molecule has 1 aliphatic rings. The maximum Gasteiger partial charge on any atom is 0.0199 e. The van der Waals surface area contributed by atoms with Crippen molar-refractivity contribution in [3.8, 4) is 0 Å². The molecule has 0 saturated carbocycles. The van der Waals surface area contributed by atoms with Gasteiger partial charge in [0.05, 0.1) is 0 Å². The Hall–Kier alpha value is -0.120. The first kappa shape index (κ1) is 15.9. The van der Waals surface area contributed by atoms with Crippen molar-refractivity contribution in [1.29, 1.82) is 0 Å². The van der Waals surface area contributed by atoms with Gasteiger partial charge in [-0.25, -0.2) is 0 Å². The fourth-order valence-corrected chi connectivity index (χ4v) is 2.95. The summed E-state index contributed by atoms with van der Waals surface area (Å²) in [5, 5.41) is 3.91. The molecule has 18 heavy (non-hydrogen) atoms. The minimum Gasteiger partial charge on any atom is -0.310 e. The Morgan fingerprint density at radius 3 is 2.56 bits per heavy atom. The van der Waals surface area contributed by atoms with E-state index >= 15 is 0 Å². The van der Waals surface area contributed by atoms with E-state index in [-0.39, 0.29) is 0 Å². The Labute approximate surface area is 114 Å². The molecule has 108 valence electrons. The van der Waals surface area contributed by atoms with Gasteiger partial charge in [0.15, 0.2) is 0 Å². The minimum atomic E-state index is 0.647. The first-order valence-electron chi connectivity index (χ1n) is 7.56. The molecule has 1 fully saturated rings. The molecular formula is C15H33N3. The standard InChI is InChI=1S/C15H33N3/c1-13(2)11-15(12-17(3)4)16-14-7-6-9-18(5)10-8-14/h13-16H,6-12H2,1-5H3. The van der Waals surface area contributed by atoms with Crippen LogP contribution in [0.15, 0.2) is 0 Å². The van der Waals surface area contributed by atoms with Crippen LogP contribution in [0.1, 0.15) is 39.5 Å². The molecule has 0 aromatic heterocycles. The summed E-state index contributed by atoms with van der Waals surface area (Å²) in [6, 6.07) is 1.37. The average Bonchev–Trinajstić information content (AvgIpc) is 2.41. The van der Waals surface area contributed by atoms with E-state index in [9.17, 15) is 0 Å². The van der Waals surface area contributed by atoms with Gasteiger partial charge in [0.25, 0.3) is 0 Å². The van der Waals surface area contributed by atoms with E-state index < -0.39 is 0 Å². The van der Waals surface area contributed by atoms with Crippen LogP contribution < -0.4 is 5.32 Å². The number of likely N-dealkylation sites (N-methyl/N-ethyl adjacent to an activating group) is 1. The maximum atomic E-state index is 3.91. The van der Waals surface area contributed by atoms with Crippen molar-refractivity contribution in [2.45, 2.75) is 51.6 Å². The second-order valence-electron chi connectivity index (χ2n) is 6.69. The third-order valence-electron chi connectivity index (χ3n) is 3.76. The molecule has 0 bridgehead atoms. The van der Waals surface area contributed by atoms with Crippen LogP contribution in [0.3, 0.4) is 0 Å². The van der Waals surface area contributed by atoms with Gasteiger partial charge in [-0.05, 0) is 65.8 Å². The van der Waals surface area contributed by atoms with Crippen LogP contribution in [0, 0.1) is 5.92 Å². The highest BCUT2D eigenvalue weighted by molar-refractivity contribution is 4.80. The van der Waals surface area contributed by atoms with Crippen molar-refractivity contribution in [1.82, 2.24) is 15.1 Å². The van der Waals surface area contributed by atoms with E-state index in [1.165, 1.54) is 38.8 Å². The second-order valence-corrected chi connectivity index (χ2v) is 6.69. The lowest BCUT2D eigenvalue weighted by atomic mass is 10.0. The van der Waals surface area contributed by atoms with Crippen molar-refractivity contribution < 1.29 is 0 Å².